The quantitative estimate of drug-likeness (QED) is 0.837. The van der Waals surface area contributed by atoms with Crippen molar-refractivity contribution in [1.82, 2.24) is 5.32 Å². The average molecular weight is 302 g/mol. The SMILES string of the molecule is CC(C)c1ccccc1NC(=O)C1(C(=O)NC(C)(C)C)CC1. The first kappa shape index (κ1) is 16.5. The van der Waals surface area contributed by atoms with Crippen molar-refractivity contribution in [3.8, 4) is 0 Å². The summed E-state index contributed by atoms with van der Waals surface area (Å²) in [6.07, 6.45) is 1.23. The highest BCUT2D eigenvalue weighted by Crippen LogP contribution is 2.47. The predicted octanol–water partition coefficient (Wildman–Crippen LogP) is 3.44. The van der Waals surface area contributed by atoms with E-state index in [1.165, 1.54) is 0 Å². The number of carbonyl (C=O) groups is 2. The molecule has 0 unspecified atom stereocenters. The standard InChI is InChI=1S/C18H26N2O2/c1-12(2)13-8-6-7-9-14(13)19-15(21)18(10-11-18)16(22)20-17(3,4)5/h6-9,12H,10-11H2,1-5H3,(H,19,21)(H,20,22). The van der Waals surface area contributed by atoms with Crippen LogP contribution in [0.2, 0.25) is 0 Å². The number of hydrogen-bond donors (Lipinski definition) is 2. The van der Waals surface area contributed by atoms with Crippen molar-refractivity contribution in [1.29, 1.82) is 0 Å². The van der Waals surface area contributed by atoms with Crippen LogP contribution in [0.15, 0.2) is 24.3 Å². The van der Waals surface area contributed by atoms with E-state index in [0.29, 0.717) is 18.8 Å². The van der Waals surface area contributed by atoms with Gasteiger partial charge < -0.3 is 10.6 Å². The smallest absolute Gasteiger partial charge is 0.240 e. The summed E-state index contributed by atoms with van der Waals surface area (Å²) in [4.78, 5) is 25.0. The molecule has 0 atom stereocenters. The molecule has 120 valence electrons. The van der Waals surface area contributed by atoms with Gasteiger partial charge in [0.2, 0.25) is 11.8 Å². The van der Waals surface area contributed by atoms with Gasteiger partial charge >= 0.3 is 0 Å². The third-order valence-corrected chi connectivity index (χ3v) is 3.94. The molecule has 1 aliphatic rings. The Morgan fingerprint density at radius 1 is 1.09 bits per heavy atom. The lowest BCUT2D eigenvalue weighted by Gasteiger charge is -2.24. The summed E-state index contributed by atoms with van der Waals surface area (Å²) < 4.78 is 0. The topological polar surface area (TPSA) is 58.2 Å². The van der Waals surface area contributed by atoms with Crippen LogP contribution in [-0.4, -0.2) is 17.4 Å². The molecule has 22 heavy (non-hydrogen) atoms. The Bertz CT molecular complexity index is 581. The summed E-state index contributed by atoms with van der Waals surface area (Å²) >= 11 is 0. The van der Waals surface area contributed by atoms with Crippen LogP contribution in [0.3, 0.4) is 0 Å². The molecule has 4 nitrogen and oxygen atoms in total. The molecule has 2 N–H and O–H groups in total. The lowest BCUT2D eigenvalue weighted by Crippen LogP contribution is -2.48. The minimum Gasteiger partial charge on any atom is -0.351 e. The normalized spacial score (nSPS) is 16.3. The summed E-state index contributed by atoms with van der Waals surface area (Å²) in [6.45, 7) is 9.95. The summed E-state index contributed by atoms with van der Waals surface area (Å²) in [5, 5.41) is 5.89. The minimum absolute atomic E-state index is 0.167. The highest BCUT2D eigenvalue weighted by Gasteiger charge is 2.57. The molecule has 2 amide bonds. The van der Waals surface area contributed by atoms with Crippen LogP contribution >= 0.6 is 0 Å². The van der Waals surface area contributed by atoms with Gasteiger partial charge in [-0.05, 0) is 51.2 Å². The summed E-state index contributed by atoms with van der Waals surface area (Å²) in [5.74, 6) is -0.0445. The second kappa shape index (κ2) is 5.75. The van der Waals surface area contributed by atoms with Crippen LogP contribution < -0.4 is 10.6 Å². The van der Waals surface area contributed by atoms with Crippen molar-refractivity contribution in [2.45, 2.75) is 58.9 Å². The highest BCUT2D eigenvalue weighted by atomic mass is 16.2. The Labute approximate surface area is 132 Å². The van der Waals surface area contributed by atoms with E-state index in [9.17, 15) is 9.59 Å². The third-order valence-electron chi connectivity index (χ3n) is 3.94. The molecule has 1 aromatic carbocycles. The number of amides is 2. The molecule has 1 aromatic rings. The lowest BCUT2D eigenvalue weighted by atomic mass is 9.99. The fourth-order valence-electron chi connectivity index (χ4n) is 2.50. The second-order valence-electron chi connectivity index (χ2n) is 7.48. The average Bonchev–Trinajstić information content (AvgIpc) is 3.18. The van der Waals surface area contributed by atoms with E-state index in [4.69, 9.17) is 0 Å². The Kier molecular flexibility index (Phi) is 4.32. The molecular weight excluding hydrogens is 276 g/mol. The first-order valence-electron chi connectivity index (χ1n) is 7.89. The molecule has 1 fully saturated rings. The molecular formula is C18H26N2O2. The number of nitrogens with one attached hydrogen (secondary N) is 2. The largest absolute Gasteiger partial charge is 0.351 e. The van der Waals surface area contributed by atoms with Gasteiger partial charge in [0.05, 0.1) is 0 Å². The van der Waals surface area contributed by atoms with Crippen LogP contribution in [0.1, 0.15) is 58.9 Å². The predicted molar refractivity (Wildman–Crippen MR) is 88.7 cm³/mol. The van der Waals surface area contributed by atoms with E-state index < -0.39 is 5.41 Å². The molecule has 0 aliphatic heterocycles. The monoisotopic (exact) mass is 302 g/mol. The van der Waals surface area contributed by atoms with Crippen LogP contribution in [0.4, 0.5) is 5.69 Å². The number of hydrogen-bond acceptors (Lipinski definition) is 2. The van der Waals surface area contributed by atoms with E-state index in [-0.39, 0.29) is 17.4 Å². The van der Waals surface area contributed by atoms with Gasteiger partial charge in [-0.3, -0.25) is 9.59 Å². The molecule has 0 heterocycles. The molecule has 1 aliphatic carbocycles. The van der Waals surface area contributed by atoms with Crippen molar-refractivity contribution in [2.75, 3.05) is 5.32 Å². The van der Waals surface area contributed by atoms with Gasteiger partial charge in [0, 0.05) is 11.2 Å². The number of para-hydroxylation sites is 1. The van der Waals surface area contributed by atoms with Gasteiger partial charge in [-0.1, -0.05) is 32.0 Å². The van der Waals surface area contributed by atoms with Crippen LogP contribution in [-0.2, 0) is 9.59 Å². The first-order valence-corrected chi connectivity index (χ1v) is 7.89. The van der Waals surface area contributed by atoms with E-state index in [2.05, 4.69) is 24.5 Å². The van der Waals surface area contributed by atoms with Crippen molar-refractivity contribution in [2.24, 2.45) is 5.41 Å². The van der Waals surface area contributed by atoms with E-state index >= 15 is 0 Å². The zero-order valence-electron chi connectivity index (χ0n) is 14.1. The minimum atomic E-state index is -0.891. The van der Waals surface area contributed by atoms with Crippen LogP contribution in [0.5, 0.6) is 0 Å². The third kappa shape index (κ3) is 3.49. The maximum absolute atomic E-state index is 12.6. The van der Waals surface area contributed by atoms with Gasteiger partial charge in [0.15, 0.2) is 0 Å². The van der Waals surface area contributed by atoms with E-state index in [1.54, 1.807) is 0 Å². The van der Waals surface area contributed by atoms with Crippen molar-refractivity contribution in [3.63, 3.8) is 0 Å². The maximum Gasteiger partial charge on any atom is 0.240 e. The molecule has 1 saturated carbocycles. The molecule has 0 radical (unpaired) electrons. The lowest BCUT2D eigenvalue weighted by molar-refractivity contribution is -0.135. The zero-order chi connectivity index (χ0) is 16.5. The molecule has 4 heteroatoms. The fourth-order valence-corrected chi connectivity index (χ4v) is 2.50. The van der Waals surface area contributed by atoms with Crippen molar-refractivity contribution in [3.05, 3.63) is 29.8 Å². The summed E-state index contributed by atoms with van der Waals surface area (Å²) in [5.41, 5.74) is 0.667. The number of benzene rings is 1. The Balaban J connectivity index is 2.15. The van der Waals surface area contributed by atoms with Gasteiger partial charge in [-0.25, -0.2) is 0 Å². The first-order chi connectivity index (χ1) is 10.2. The van der Waals surface area contributed by atoms with Crippen molar-refractivity contribution >= 4 is 17.5 Å². The zero-order valence-corrected chi connectivity index (χ0v) is 14.1. The summed E-state index contributed by atoms with van der Waals surface area (Å²) in [6, 6.07) is 7.76. The van der Waals surface area contributed by atoms with Gasteiger partial charge in [0.1, 0.15) is 5.41 Å². The number of carbonyl (C=O) groups excluding carboxylic acids is 2. The molecule has 0 bridgehead atoms. The van der Waals surface area contributed by atoms with E-state index in [0.717, 1.165) is 11.3 Å². The van der Waals surface area contributed by atoms with Crippen LogP contribution in [0.25, 0.3) is 0 Å². The molecule has 0 saturated heterocycles. The van der Waals surface area contributed by atoms with Crippen LogP contribution in [0, 0.1) is 5.41 Å². The molecule has 0 aromatic heterocycles. The van der Waals surface area contributed by atoms with Gasteiger partial charge in [0.25, 0.3) is 0 Å². The van der Waals surface area contributed by atoms with Gasteiger partial charge in [-0.2, -0.15) is 0 Å². The Morgan fingerprint density at radius 2 is 1.68 bits per heavy atom. The van der Waals surface area contributed by atoms with Crippen molar-refractivity contribution < 1.29 is 9.59 Å². The Hall–Kier alpha value is -1.84. The molecule has 2 rings (SSSR count). The summed E-state index contributed by atoms with van der Waals surface area (Å²) in [7, 11) is 0. The highest BCUT2D eigenvalue weighted by molar-refractivity contribution is 6.13. The molecule has 0 spiro atoms. The Morgan fingerprint density at radius 3 is 2.18 bits per heavy atom. The second-order valence-corrected chi connectivity index (χ2v) is 7.48. The number of rotatable bonds is 4. The van der Waals surface area contributed by atoms with E-state index in [1.807, 2.05) is 45.0 Å². The fraction of sp³-hybridized carbons (Fsp3) is 0.556. The number of anilines is 1. The van der Waals surface area contributed by atoms with Gasteiger partial charge in [-0.15, -0.1) is 0 Å². The maximum atomic E-state index is 12.6.